The van der Waals surface area contributed by atoms with Crippen LogP contribution in [0.2, 0.25) is 0 Å². The lowest BCUT2D eigenvalue weighted by Crippen LogP contribution is -2.25. The van der Waals surface area contributed by atoms with E-state index in [1.54, 1.807) is 12.3 Å². The Morgan fingerprint density at radius 3 is 2.51 bits per heavy atom. The van der Waals surface area contributed by atoms with E-state index in [0.29, 0.717) is 17.6 Å². The summed E-state index contributed by atoms with van der Waals surface area (Å²) < 4.78 is 9.46. The molecule has 1 fully saturated rings. The van der Waals surface area contributed by atoms with Gasteiger partial charge >= 0.3 is 0 Å². The molecule has 6 nitrogen and oxygen atoms in total. The fraction of sp³-hybridized carbons (Fsp3) is 0.241. The van der Waals surface area contributed by atoms with Gasteiger partial charge in [-0.25, -0.2) is 4.98 Å². The largest absolute Gasteiger partial charge is 0.487 e. The Balaban J connectivity index is 1.46. The quantitative estimate of drug-likeness (QED) is 0.160. The number of halogens is 2. The average Bonchev–Trinajstić information content (AvgIpc) is 2.92. The number of fused-ring (bicyclic) bond motifs is 1. The van der Waals surface area contributed by atoms with Crippen molar-refractivity contribution in [2.24, 2.45) is 5.10 Å². The van der Waals surface area contributed by atoms with Gasteiger partial charge in [-0.05, 0) is 93.9 Å². The number of nitriles is 1. The zero-order valence-electron chi connectivity index (χ0n) is 20.0. The van der Waals surface area contributed by atoms with Crippen molar-refractivity contribution in [1.29, 1.82) is 5.26 Å². The van der Waals surface area contributed by atoms with Gasteiger partial charge in [0.25, 0.3) is 5.56 Å². The van der Waals surface area contributed by atoms with Crippen molar-refractivity contribution in [2.75, 3.05) is 0 Å². The number of para-hydroxylation sites is 1. The van der Waals surface area contributed by atoms with Gasteiger partial charge in [-0.1, -0.05) is 49.6 Å². The summed E-state index contributed by atoms with van der Waals surface area (Å²) >= 11 is 4.50. The predicted octanol–water partition coefficient (Wildman–Crippen LogP) is 6.99. The maximum atomic E-state index is 13.4. The maximum Gasteiger partial charge on any atom is 0.282 e. The summed E-state index contributed by atoms with van der Waals surface area (Å²) in [4.78, 5) is 18.3. The second-order valence-corrected chi connectivity index (χ2v) is 11.4. The number of hydrogen-bond acceptors (Lipinski definition) is 5. The van der Waals surface area contributed by atoms with Crippen LogP contribution in [0.15, 0.2) is 70.6 Å². The van der Waals surface area contributed by atoms with E-state index in [1.807, 2.05) is 54.6 Å². The second kappa shape index (κ2) is 11.7. The molecule has 1 aliphatic rings. The van der Waals surface area contributed by atoms with E-state index in [0.717, 1.165) is 61.0 Å². The van der Waals surface area contributed by atoms with Crippen molar-refractivity contribution in [1.82, 2.24) is 9.66 Å². The number of hydrogen-bond donors (Lipinski definition) is 0. The van der Waals surface area contributed by atoms with Crippen LogP contribution in [0.1, 0.15) is 60.5 Å². The van der Waals surface area contributed by atoms with Gasteiger partial charge in [-0.15, -0.1) is 0 Å². The van der Waals surface area contributed by atoms with E-state index >= 15 is 0 Å². The van der Waals surface area contributed by atoms with Crippen molar-refractivity contribution in [3.63, 3.8) is 0 Å². The fourth-order valence-corrected chi connectivity index (χ4v) is 6.83. The van der Waals surface area contributed by atoms with Gasteiger partial charge in [0.15, 0.2) is 0 Å². The first-order valence-corrected chi connectivity index (χ1v) is 14.4. The Morgan fingerprint density at radius 1 is 1.05 bits per heavy atom. The molecule has 1 saturated carbocycles. The van der Waals surface area contributed by atoms with Crippen molar-refractivity contribution < 1.29 is 4.74 Å². The molecule has 1 aromatic heterocycles. The van der Waals surface area contributed by atoms with Gasteiger partial charge in [0.1, 0.15) is 18.2 Å². The summed E-state index contributed by atoms with van der Waals surface area (Å²) in [7, 11) is 0. The molecule has 0 radical (unpaired) electrons. The Bertz CT molecular complexity index is 1560. The SMILES string of the molecule is N#Cc1ccccc1COc1c(I)cc(C=Nn2c(C3CCCCC3)nc3ccccc3c2=O)cc1I. The van der Waals surface area contributed by atoms with Gasteiger partial charge in [0, 0.05) is 11.5 Å². The molecule has 0 bridgehead atoms. The molecular formula is C29H24I2N4O2. The predicted molar refractivity (Wildman–Crippen MR) is 162 cm³/mol. The highest BCUT2D eigenvalue weighted by molar-refractivity contribution is 14.1. The first-order valence-electron chi connectivity index (χ1n) is 12.2. The molecule has 8 heteroatoms. The fourth-order valence-electron chi connectivity index (χ4n) is 4.70. The molecular weight excluding hydrogens is 690 g/mol. The van der Waals surface area contributed by atoms with Crippen molar-refractivity contribution in [3.8, 4) is 11.8 Å². The summed E-state index contributed by atoms with van der Waals surface area (Å²) in [5.41, 5.74) is 2.92. The van der Waals surface area contributed by atoms with E-state index in [2.05, 4.69) is 56.4 Å². The number of aromatic nitrogens is 2. The molecule has 0 unspecified atom stereocenters. The van der Waals surface area contributed by atoms with Crippen LogP contribution < -0.4 is 10.3 Å². The standard InChI is InChI=1S/C29H24I2N4O2/c30-24-14-19(15-25(31)27(24)37-18-22-11-5-4-10-21(22)16-32)17-33-35-28(20-8-2-1-3-9-20)34-26-13-7-6-12-23(26)29(35)36/h4-7,10-15,17,20H,1-3,8-9,18H2. The number of rotatable bonds is 6. The van der Waals surface area contributed by atoms with E-state index in [9.17, 15) is 10.1 Å². The summed E-state index contributed by atoms with van der Waals surface area (Å²) in [6, 6.07) is 21.1. The Labute approximate surface area is 242 Å². The highest BCUT2D eigenvalue weighted by atomic mass is 127. The van der Waals surface area contributed by atoms with E-state index in [-0.39, 0.29) is 11.5 Å². The van der Waals surface area contributed by atoms with Crippen LogP contribution in [0.3, 0.4) is 0 Å². The molecule has 0 N–H and O–H groups in total. The van der Waals surface area contributed by atoms with Crippen molar-refractivity contribution in [3.05, 3.63) is 101 Å². The first-order chi connectivity index (χ1) is 18.0. The van der Waals surface area contributed by atoms with Gasteiger partial charge in [-0.2, -0.15) is 15.0 Å². The topological polar surface area (TPSA) is 80.3 Å². The average molecular weight is 714 g/mol. The lowest BCUT2D eigenvalue weighted by atomic mass is 9.88. The minimum atomic E-state index is -0.136. The molecule has 37 heavy (non-hydrogen) atoms. The third kappa shape index (κ3) is 5.72. The third-order valence-electron chi connectivity index (χ3n) is 6.60. The Morgan fingerprint density at radius 2 is 1.76 bits per heavy atom. The molecule has 0 amide bonds. The third-order valence-corrected chi connectivity index (χ3v) is 8.20. The molecule has 0 spiro atoms. The lowest BCUT2D eigenvalue weighted by molar-refractivity contribution is 0.301. The Hall–Kier alpha value is -2.78. The molecule has 0 saturated heterocycles. The summed E-state index contributed by atoms with van der Waals surface area (Å²) in [5, 5.41) is 14.6. The first kappa shape index (κ1) is 25.9. The summed E-state index contributed by atoms with van der Waals surface area (Å²) in [6.07, 6.45) is 7.30. The van der Waals surface area contributed by atoms with Crippen LogP contribution >= 0.6 is 45.2 Å². The van der Waals surface area contributed by atoms with Gasteiger partial charge < -0.3 is 4.74 Å². The van der Waals surface area contributed by atoms with Crippen LogP contribution in [-0.4, -0.2) is 15.9 Å². The summed E-state index contributed by atoms with van der Waals surface area (Å²) in [5.74, 6) is 1.74. The number of benzene rings is 3. The molecule has 0 atom stereocenters. The van der Waals surface area contributed by atoms with Crippen molar-refractivity contribution >= 4 is 62.3 Å². The maximum absolute atomic E-state index is 13.4. The minimum Gasteiger partial charge on any atom is -0.487 e. The molecule has 0 aliphatic heterocycles. The van der Waals surface area contributed by atoms with E-state index in [1.165, 1.54) is 11.1 Å². The molecule has 1 heterocycles. The molecule has 186 valence electrons. The lowest BCUT2D eigenvalue weighted by Gasteiger charge is -2.22. The zero-order valence-corrected chi connectivity index (χ0v) is 24.3. The monoisotopic (exact) mass is 714 g/mol. The smallest absolute Gasteiger partial charge is 0.282 e. The number of ether oxygens (including phenoxy) is 1. The van der Waals surface area contributed by atoms with E-state index < -0.39 is 0 Å². The second-order valence-electron chi connectivity index (χ2n) is 9.05. The molecule has 5 rings (SSSR count). The Kier molecular flexibility index (Phi) is 8.20. The van der Waals surface area contributed by atoms with Crippen LogP contribution in [-0.2, 0) is 6.61 Å². The molecule has 4 aromatic rings. The molecule has 3 aromatic carbocycles. The highest BCUT2D eigenvalue weighted by Crippen LogP contribution is 2.32. The minimum absolute atomic E-state index is 0.136. The van der Waals surface area contributed by atoms with Gasteiger partial charge in [0.2, 0.25) is 0 Å². The van der Waals surface area contributed by atoms with Gasteiger partial charge in [0.05, 0.1) is 35.9 Å². The van der Waals surface area contributed by atoms with Crippen LogP contribution in [0.5, 0.6) is 5.75 Å². The zero-order chi connectivity index (χ0) is 25.8. The summed E-state index contributed by atoms with van der Waals surface area (Å²) in [6.45, 7) is 0.312. The highest BCUT2D eigenvalue weighted by Gasteiger charge is 2.22. The van der Waals surface area contributed by atoms with Crippen molar-refractivity contribution in [2.45, 2.75) is 44.6 Å². The van der Waals surface area contributed by atoms with Crippen LogP contribution in [0.4, 0.5) is 0 Å². The van der Waals surface area contributed by atoms with Crippen LogP contribution in [0, 0.1) is 18.5 Å². The normalized spacial score (nSPS) is 14.2. The van der Waals surface area contributed by atoms with Crippen LogP contribution in [0.25, 0.3) is 10.9 Å². The van der Waals surface area contributed by atoms with E-state index in [4.69, 9.17) is 9.72 Å². The number of nitrogens with zero attached hydrogens (tertiary/aromatic N) is 4. The van der Waals surface area contributed by atoms with Gasteiger partial charge in [-0.3, -0.25) is 4.79 Å². The molecule has 1 aliphatic carbocycles.